The summed E-state index contributed by atoms with van der Waals surface area (Å²) in [6.07, 6.45) is 8.52. The van der Waals surface area contributed by atoms with E-state index >= 15 is 0 Å². The molecule has 1 nitrogen and oxygen atoms in total. The summed E-state index contributed by atoms with van der Waals surface area (Å²) in [5, 5.41) is 0. The molecule has 0 N–H and O–H groups in total. The largest absolute Gasteiger partial charge is 0.309 e. The summed E-state index contributed by atoms with van der Waals surface area (Å²) in [5.74, 6) is 2.75. The fourth-order valence-corrected chi connectivity index (χ4v) is 12.1. The first kappa shape index (κ1) is 33.7. The zero-order valence-corrected chi connectivity index (χ0v) is 32.6. The highest BCUT2D eigenvalue weighted by Gasteiger charge is 2.51. The molecule has 5 aliphatic carbocycles. The average molecular weight is 724 g/mol. The first-order valence-corrected chi connectivity index (χ1v) is 20.9. The molecule has 0 amide bonds. The molecule has 0 unspecified atom stereocenters. The lowest BCUT2D eigenvalue weighted by Gasteiger charge is -2.57. The zero-order chi connectivity index (χ0) is 37.4. The molecule has 0 aromatic heterocycles. The molecule has 0 radical (unpaired) electrons. The Balaban J connectivity index is 1.15. The van der Waals surface area contributed by atoms with Crippen molar-refractivity contribution in [2.24, 2.45) is 17.8 Å². The molecule has 0 saturated heterocycles. The number of hydrogen-bond donors (Lipinski definition) is 0. The molecular formula is C55H49N. The van der Waals surface area contributed by atoms with Gasteiger partial charge in [0.25, 0.3) is 0 Å². The van der Waals surface area contributed by atoms with E-state index in [9.17, 15) is 0 Å². The van der Waals surface area contributed by atoms with Crippen LogP contribution in [0.1, 0.15) is 69.1 Å². The normalized spacial score (nSPS) is 22.4. The molecule has 4 bridgehead atoms. The summed E-state index contributed by atoms with van der Waals surface area (Å²) in [7, 11) is 0. The van der Waals surface area contributed by atoms with Gasteiger partial charge < -0.3 is 4.90 Å². The van der Waals surface area contributed by atoms with Gasteiger partial charge in [0.1, 0.15) is 0 Å². The van der Waals surface area contributed by atoms with Crippen molar-refractivity contribution < 1.29 is 0 Å². The van der Waals surface area contributed by atoms with E-state index < -0.39 is 0 Å². The summed E-state index contributed by atoms with van der Waals surface area (Å²) < 4.78 is 0. The minimum atomic E-state index is -0.136. The van der Waals surface area contributed by atoms with Crippen molar-refractivity contribution in [3.63, 3.8) is 0 Å². The van der Waals surface area contributed by atoms with E-state index in [-0.39, 0.29) is 5.41 Å². The number of hydrogen-bond acceptors (Lipinski definition) is 1. The van der Waals surface area contributed by atoms with Gasteiger partial charge in [-0.1, -0.05) is 153 Å². The molecule has 7 aromatic rings. The third kappa shape index (κ3) is 5.35. The van der Waals surface area contributed by atoms with Gasteiger partial charge in [0.15, 0.2) is 0 Å². The molecule has 1 heteroatoms. The Morgan fingerprint density at radius 1 is 0.411 bits per heavy atom. The molecule has 0 aliphatic heterocycles. The maximum atomic E-state index is 2.59. The van der Waals surface area contributed by atoms with Gasteiger partial charge in [-0.25, -0.2) is 0 Å². The monoisotopic (exact) mass is 723 g/mol. The van der Waals surface area contributed by atoms with E-state index in [0.29, 0.717) is 5.41 Å². The van der Waals surface area contributed by atoms with Crippen LogP contribution in [0.2, 0.25) is 0 Å². The van der Waals surface area contributed by atoms with Crippen LogP contribution in [0.4, 0.5) is 17.1 Å². The van der Waals surface area contributed by atoms with Gasteiger partial charge in [-0.05, 0) is 142 Å². The van der Waals surface area contributed by atoms with Crippen molar-refractivity contribution in [1.82, 2.24) is 0 Å². The van der Waals surface area contributed by atoms with Crippen LogP contribution in [-0.2, 0) is 10.8 Å². The van der Waals surface area contributed by atoms with Gasteiger partial charge in [-0.3, -0.25) is 0 Å². The molecule has 0 heterocycles. The van der Waals surface area contributed by atoms with Gasteiger partial charge in [0.05, 0.1) is 11.4 Å². The summed E-state index contributed by atoms with van der Waals surface area (Å²) in [4.78, 5) is 2.59. The lowest BCUT2D eigenvalue weighted by Crippen LogP contribution is -2.48. The van der Waals surface area contributed by atoms with Gasteiger partial charge in [-0.2, -0.15) is 0 Å². The quantitative estimate of drug-likeness (QED) is 0.158. The van der Waals surface area contributed by atoms with Crippen molar-refractivity contribution in [3.8, 4) is 44.5 Å². The number of benzene rings is 7. The van der Waals surface area contributed by atoms with Gasteiger partial charge >= 0.3 is 0 Å². The molecule has 4 fully saturated rings. The van der Waals surface area contributed by atoms with E-state index in [0.717, 1.165) is 17.8 Å². The number of fused-ring (bicyclic) bond motifs is 3. The fourth-order valence-electron chi connectivity index (χ4n) is 12.1. The lowest BCUT2D eigenvalue weighted by atomic mass is 9.48. The van der Waals surface area contributed by atoms with Crippen molar-refractivity contribution in [2.45, 2.75) is 63.2 Å². The summed E-state index contributed by atoms with van der Waals surface area (Å²) in [5.41, 5.74) is 18.2. The summed E-state index contributed by atoms with van der Waals surface area (Å²) in [6.45, 7) is 4.80. The van der Waals surface area contributed by atoms with Crippen molar-refractivity contribution in [1.29, 1.82) is 0 Å². The summed E-state index contributed by atoms with van der Waals surface area (Å²) in [6, 6.07) is 63.9. The van der Waals surface area contributed by atoms with Crippen LogP contribution in [0, 0.1) is 17.8 Å². The van der Waals surface area contributed by atoms with Crippen molar-refractivity contribution >= 4 is 17.1 Å². The van der Waals surface area contributed by atoms with Crippen LogP contribution >= 0.6 is 0 Å². The number of nitrogens with zero attached hydrogens (tertiary/aromatic N) is 1. The Labute approximate surface area is 332 Å². The SMILES string of the molecule is CC1(C)c2ccccc2-c2cc(-c3ccccc3)c(N(c3ccc(C45CC6CC(CC(C6)C4)C5)cc3)c3ccccc3-c3ccccc3-c3ccccc3)cc21. The Bertz CT molecular complexity index is 2540. The highest BCUT2D eigenvalue weighted by molar-refractivity contribution is 5.99. The van der Waals surface area contributed by atoms with Crippen LogP contribution in [0.5, 0.6) is 0 Å². The Hall–Kier alpha value is -5.66. The third-order valence-corrected chi connectivity index (χ3v) is 14.2. The molecule has 12 rings (SSSR count). The van der Waals surface area contributed by atoms with Gasteiger partial charge in [-0.15, -0.1) is 0 Å². The topological polar surface area (TPSA) is 3.24 Å². The van der Waals surface area contributed by atoms with Crippen LogP contribution < -0.4 is 4.90 Å². The smallest absolute Gasteiger partial charge is 0.0543 e. The van der Waals surface area contributed by atoms with E-state index in [1.807, 2.05) is 0 Å². The maximum absolute atomic E-state index is 2.59. The second-order valence-electron chi connectivity index (χ2n) is 18.0. The molecule has 0 spiro atoms. The lowest BCUT2D eigenvalue weighted by molar-refractivity contribution is -0.00518. The van der Waals surface area contributed by atoms with Crippen LogP contribution in [0.3, 0.4) is 0 Å². The first-order chi connectivity index (χ1) is 27.4. The molecule has 5 aliphatic rings. The Morgan fingerprint density at radius 3 is 1.57 bits per heavy atom. The summed E-state index contributed by atoms with van der Waals surface area (Å²) >= 11 is 0. The highest BCUT2D eigenvalue weighted by atomic mass is 15.1. The molecule has 274 valence electrons. The number of anilines is 3. The number of rotatable bonds is 7. The van der Waals surface area contributed by atoms with Crippen LogP contribution in [0.25, 0.3) is 44.5 Å². The molecular weight excluding hydrogens is 675 g/mol. The second kappa shape index (κ2) is 13.0. The molecule has 7 aromatic carbocycles. The Morgan fingerprint density at radius 2 is 0.929 bits per heavy atom. The predicted octanol–water partition coefficient (Wildman–Crippen LogP) is 14.9. The van der Waals surface area contributed by atoms with E-state index in [1.54, 1.807) is 5.56 Å². The predicted molar refractivity (Wildman–Crippen MR) is 235 cm³/mol. The highest BCUT2D eigenvalue weighted by Crippen LogP contribution is 2.61. The van der Waals surface area contributed by atoms with Crippen LogP contribution in [-0.4, -0.2) is 0 Å². The Kier molecular flexibility index (Phi) is 7.79. The maximum Gasteiger partial charge on any atom is 0.0543 e. The van der Waals surface area contributed by atoms with E-state index in [2.05, 4.69) is 189 Å². The van der Waals surface area contributed by atoms with Crippen molar-refractivity contribution in [2.75, 3.05) is 4.90 Å². The minimum Gasteiger partial charge on any atom is -0.309 e. The van der Waals surface area contributed by atoms with Gasteiger partial charge in [0.2, 0.25) is 0 Å². The first-order valence-electron chi connectivity index (χ1n) is 20.9. The molecule has 4 saturated carbocycles. The molecule has 56 heavy (non-hydrogen) atoms. The standard InChI is InChI=1S/C55H49N/c1-54(2)50-23-13-11-21-46(50)49-32-48(41-17-7-4-8-18-41)53(33-51(49)54)56(43-27-25-42(26-28-43)55-34-37-29-38(35-55)31-39(30-37)36-55)52-24-14-12-22-47(52)45-20-10-9-19-44(45)40-15-5-3-6-16-40/h3-28,32-33,37-39H,29-31,34-36H2,1-2H3. The van der Waals surface area contributed by atoms with Gasteiger partial charge in [0, 0.05) is 22.2 Å². The second-order valence-corrected chi connectivity index (χ2v) is 18.0. The van der Waals surface area contributed by atoms with E-state index in [4.69, 9.17) is 0 Å². The number of para-hydroxylation sites is 1. The molecule has 0 atom stereocenters. The van der Waals surface area contributed by atoms with Crippen LogP contribution in [0.15, 0.2) is 170 Å². The minimum absolute atomic E-state index is 0.136. The zero-order valence-electron chi connectivity index (χ0n) is 32.6. The van der Waals surface area contributed by atoms with Crippen molar-refractivity contribution in [3.05, 3.63) is 187 Å². The fraction of sp³-hybridized carbons (Fsp3) is 0.236. The van der Waals surface area contributed by atoms with E-state index in [1.165, 1.54) is 111 Å². The average Bonchev–Trinajstić information content (AvgIpc) is 3.46. The third-order valence-electron chi connectivity index (χ3n) is 14.2.